The fourth-order valence-electron chi connectivity index (χ4n) is 2.08. The van der Waals surface area contributed by atoms with Gasteiger partial charge in [-0.1, -0.05) is 18.2 Å². The Bertz CT molecular complexity index is 593. The van der Waals surface area contributed by atoms with Crippen LogP contribution in [0.15, 0.2) is 30.3 Å². The van der Waals surface area contributed by atoms with E-state index in [1.165, 1.54) is 5.56 Å². The van der Waals surface area contributed by atoms with Crippen LogP contribution in [-0.4, -0.2) is 36.0 Å². The van der Waals surface area contributed by atoms with E-state index in [0.29, 0.717) is 12.0 Å². The Morgan fingerprint density at radius 1 is 1.15 bits per heavy atom. The SMILES string of the molecule is CNc1nc(C)cc(-c2cccc(C(C)N(C)C)c2)n1. The Morgan fingerprint density at radius 2 is 1.90 bits per heavy atom. The first-order chi connectivity index (χ1) is 9.51. The van der Waals surface area contributed by atoms with Crippen LogP contribution in [0.4, 0.5) is 5.95 Å². The lowest BCUT2D eigenvalue weighted by Crippen LogP contribution is -2.16. The Morgan fingerprint density at radius 3 is 2.55 bits per heavy atom. The van der Waals surface area contributed by atoms with Crippen molar-refractivity contribution < 1.29 is 0 Å². The zero-order valence-corrected chi connectivity index (χ0v) is 12.8. The summed E-state index contributed by atoms with van der Waals surface area (Å²) in [6.45, 7) is 4.18. The van der Waals surface area contributed by atoms with E-state index in [-0.39, 0.29) is 0 Å². The summed E-state index contributed by atoms with van der Waals surface area (Å²) in [7, 11) is 6.01. The van der Waals surface area contributed by atoms with Gasteiger partial charge in [-0.3, -0.25) is 0 Å². The largest absolute Gasteiger partial charge is 0.357 e. The predicted octanol–water partition coefficient (Wildman–Crippen LogP) is 3.12. The van der Waals surface area contributed by atoms with Gasteiger partial charge in [-0.2, -0.15) is 0 Å². The Hall–Kier alpha value is -1.94. The minimum atomic E-state index is 0.377. The first-order valence-electron chi connectivity index (χ1n) is 6.81. The molecule has 1 atom stereocenters. The number of nitrogens with one attached hydrogen (secondary N) is 1. The molecule has 4 heteroatoms. The van der Waals surface area contributed by atoms with Crippen LogP contribution in [0.3, 0.4) is 0 Å². The number of anilines is 1. The van der Waals surface area contributed by atoms with Gasteiger partial charge in [0.05, 0.1) is 5.69 Å². The van der Waals surface area contributed by atoms with Crippen molar-refractivity contribution in [3.8, 4) is 11.3 Å². The number of aryl methyl sites for hydroxylation is 1. The summed E-state index contributed by atoms with van der Waals surface area (Å²) in [4.78, 5) is 11.1. The number of hydrogen-bond acceptors (Lipinski definition) is 4. The molecule has 0 aliphatic rings. The summed E-state index contributed by atoms with van der Waals surface area (Å²) >= 11 is 0. The summed E-state index contributed by atoms with van der Waals surface area (Å²) in [5, 5.41) is 3.00. The highest BCUT2D eigenvalue weighted by Crippen LogP contribution is 2.24. The zero-order valence-electron chi connectivity index (χ0n) is 12.8. The van der Waals surface area contributed by atoms with Crippen molar-refractivity contribution in [2.24, 2.45) is 0 Å². The van der Waals surface area contributed by atoms with Crippen LogP contribution in [0.25, 0.3) is 11.3 Å². The third-order valence-corrected chi connectivity index (χ3v) is 3.52. The molecule has 1 aromatic heterocycles. The van der Waals surface area contributed by atoms with Crippen LogP contribution in [-0.2, 0) is 0 Å². The molecule has 0 aliphatic heterocycles. The van der Waals surface area contributed by atoms with Crippen molar-refractivity contribution in [2.75, 3.05) is 26.5 Å². The second-order valence-electron chi connectivity index (χ2n) is 5.23. The second kappa shape index (κ2) is 6.01. The van der Waals surface area contributed by atoms with Gasteiger partial charge in [0.15, 0.2) is 0 Å². The molecular formula is C16H22N4. The van der Waals surface area contributed by atoms with E-state index >= 15 is 0 Å². The Balaban J connectivity index is 2.43. The van der Waals surface area contributed by atoms with Gasteiger partial charge < -0.3 is 10.2 Å². The number of nitrogens with zero attached hydrogens (tertiary/aromatic N) is 3. The topological polar surface area (TPSA) is 41.1 Å². The maximum absolute atomic E-state index is 4.53. The molecule has 0 saturated heterocycles. The van der Waals surface area contributed by atoms with Gasteiger partial charge in [0.2, 0.25) is 5.95 Å². The molecule has 1 unspecified atom stereocenters. The standard InChI is InChI=1S/C16H22N4/c1-11-9-15(19-16(17-3)18-11)14-8-6-7-13(10-14)12(2)20(4)5/h6-10,12H,1-5H3,(H,17,18,19). The van der Waals surface area contributed by atoms with Crippen molar-refractivity contribution in [1.29, 1.82) is 0 Å². The molecule has 20 heavy (non-hydrogen) atoms. The first-order valence-corrected chi connectivity index (χ1v) is 6.81. The smallest absolute Gasteiger partial charge is 0.223 e. The summed E-state index contributed by atoms with van der Waals surface area (Å²) in [6, 6.07) is 10.9. The van der Waals surface area contributed by atoms with Crippen molar-refractivity contribution in [2.45, 2.75) is 19.9 Å². The van der Waals surface area contributed by atoms with Gasteiger partial charge in [0.25, 0.3) is 0 Å². The molecule has 0 saturated carbocycles. The van der Waals surface area contributed by atoms with Crippen molar-refractivity contribution in [3.05, 3.63) is 41.6 Å². The molecule has 0 radical (unpaired) electrons. The van der Waals surface area contributed by atoms with E-state index in [1.54, 1.807) is 0 Å². The Kier molecular flexibility index (Phi) is 4.35. The van der Waals surface area contributed by atoms with Crippen molar-refractivity contribution >= 4 is 5.95 Å². The van der Waals surface area contributed by atoms with Crippen LogP contribution in [0.1, 0.15) is 24.2 Å². The maximum atomic E-state index is 4.53. The lowest BCUT2D eigenvalue weighted by molar-refractivity contribution is 0.321. The molecule has 0 aliphatic carbocycles. The average Bonchev–Trinajstić information content (AvgIpc) is 2.45. The minimum Gasteiger partial charge on any atom is -0.357 e. The molecular weight excluding hydrogens is 248 g/mol. The molecule has 0 amide bonds. The van der Waals surface area contributed by atoms with E-state index < -0.39 is 0 Å². The lowest BCUT2D eigenvalue weighted by atomic mass is 10.0. The van der Waals surface area contributed by atoms with Gasteiger partial charge in [0, 0.05) is 24.3 Å². The molecule has 1 heterocycles. The quantitative estimate of drug-likeness (QED) is 0.926. The van der Waals surface area contributed by atoms with E-state index in [2.05, 4.69) is 65.5 Å². The summed E-state index contributed by atoms with van der Waals surface area (Å²) in [5.74, 6) is 0.658. The maximum Gasteiger partial charge on any atom is 0.223 e. The molecule has 0 bridgehead atoms. The van der Waals surface area contributed by atoms with Crippen molar-refractivity contribution in [3.63, 3.8) is 0 Å². The first kappa shape index (κ1) is 14.5. The highest BCUT2D eigenvalue weighted by atomic mass is 15.1. The zero-order chi connectivity index (χ0) is 14.7. The highest BCUT2D eigenvalue weighted by Gasteiger charge is 2.10. The third-order valence-electron chi connectivity index (χ3n) is 3.52. The van der Waals surface area contributed by atoms with Gasteiger partial charge >= 0.3 is 0 Å². The molecule has 4 nitrogen and oxygen atoms in total. The van der Waals surface area contributed by atoms with Gasteiger partial charge in [-0.25, -0.2) is 9.97 Å². The third kappa shape index (κ3) is 3.14. The molecule has 106 valence electrons. The number of aromatic nitrogens is 2. The fourth-order valence-corrected chi connectivity index (χ4v) is 2.08. The number of rotatable bonds is 4. The molecule has 1 N–H and O–H groups in total. The fraction of sp³-hybridized carbons (Fsp3) is 0.375. The molecule has 2 rings (SSSR count). The van der Waals surface area contributed by atoms with Crippen LogP contribution in [0, 0.1) is 6.92 Å². The molecule has 0 spiro atoms. The molecule has 0 fully saturated rings. The summed E-state index contributed by atoms with van der Waals surface area (Å²) in [5.41, 5.74) is 4.33. The average molecular weight is 270 g/mol. The van der Waals surface area contributed by atoms with Crippen LogP contribution in [0.2, 0.25) is 0 Å². The van der Waals surface area contributed by atoms with E-state index in [0.717, 1.165) is 17.0 Å². The van der Waals surface area contributed by atoms with E-state index in [4.69, 9.17) is 0 Å². The van der Waals surface area contributed by atoms with Gasteiger partial charge in [0.1, 0.15) is 0 Å². The summed E-state index contributed by atoms with van der Waals surface area (Å²) in [6.07, 6.45) is 0. The van der Waals surface area contributed by atoms with Gasteiger partial charge in [-0.15, -0.1) is 0 Å². The van der Waals surface area contributed by atoms with Gasteiger partial charge in [-0.05, 0) is 45.6 Å². The number of benzene rings is 1. The monoisotopic (exact) mass is 270 g/mol. The highest BCUT2D eigenvalue weighted by molar-refractivity contribution is 5.62. The molecule has 1 aromatic carbocycles. The Labute approximate surface area is 120 Å². The molecule has 2 aromatic rings. The summed E-state index contributed by atoms with van der Waals surface area (Å²) < 4.78 is 0. The minimum absolute atomic E-state index is 0.377. The van der Waals surface area contributed by atoms with Crippen LogP contribution in [0.5, 0.6) is 0 Å². The van der Waals surface area contributed by atoms with Crippen LogP contribution >= 0.6 is 0 Å². The van der Waals surface area contributed by atoms with Crippen molar-refractivity contribution in [1.82, 2.24) is 14.9 Å². The number of hydrogen-bond donors (Lipinski definition) is 1. The lowest BCUT2D eigenvalue weighted by Gasteiger charge is -2.20. The van der Waals surface area contributed by atoms with E-state index in [9.17, 15) is 0 Å². The normalized spacial score (nSPS) is 12.5. The second-order valence-corrected chi connectivity index (χ2v) is 5.23. The van der Waals surface area contributed by atoms with Crippen LogP contribution < -0.4 is 5.32 Å². The van der Waals surface area contributed by atoms with E-state index in [1.807, 2.05) is 20.0 Å². The predicted molar refractivity (Wildman–Crippen MR) is 83.9 cm³/mol.